The lowest BCUT2D eigenvalue weighted by atomic mass is 10.1. The van der Waals surface area contributed by atoms with E-state index in [0.29, 0.717) is 34.9 Å². The zero-order chi connectivity index (χ0) is 26.7. The van der Waals surface area contributed by atoms with Crippen molar-refractivity contribution in [2.45, 2.75) is 24.5 Å². The average Bonchev–Trinajstić information content (AvgIpc) is 3.48. The first-order valence-corrected chi connectivity index (χ1v) is 14.4. The SMILES string of the molecule is C=CCc1cc(/C=N\NC(=O)COc2ccc(C3SCCS3)cc2)cc(OC)c1OCc1ccc(C)cc1. The van der Waals surface area contributed by atoms with Crippen LogP contribution in [0.25, 0.3) is 0 Å². The number of ether oxygens (including phenoxy) is 3. The molecule has 0 aliphatic carbocycles. The normalized spacial score (nSPS) is 13.4. The van der Waals surface area contributed by atoms with Gasteiger partial charge in [0.2, 0.25) is 0 Å². The Morgan fingerprint density at radius 2 is 1.82 bits per heavy atom. The van der Waals surface area contributed by atoms with Gasteiger partial charge in [0.25, 0.3) is 5.91 Å². The quantitative estimate of drug-likeness (QED) is 0.162. The van der Waals surface area contributed by atoms with Crippen molar-refractivity contribution in [1.82, 2.24) is 5.43 Å². The minimum atomic E-state index is -0.344. The number of hydrazone groups is 1. The zero-order valence-corrected chi connectivity index (χ0v) is 23.3. The molecule has 0 aromatic heterocycles. The third kappa shape index (κ3) is 7.82. The Bertz CT molecular complexity index is 1250. The molecule has 1 fully saturated rings. The molecule has 0 spiro atoms. The minimum absolute atomic E-state index is 0.125. The van der Waals surface area contributed by atoms with Crippen LogP contribution in [0.2, 0.25) is 0 Å². The molecule has 3 aromatic carbocycles. The minimum Gasteiger partial charge on any atom is -0.493 e. The number of allylic oxidation sites excluding steroid dienone is 1. The molecule has 1 heterocycles. The van der Waals surface area contributed by atoms with E-state index in [-0.39, 0.29) is 12.5 Å². The van der Waals surface area contributed by atoms with E-state index in [4.69, 9.17) is 14.2 Å². The van der Waals surface area contributed by atoms with Crippen molar-refractivity contribution in [2.24, 2.45) is 5.10 Å². The molecule has 0 atom stereocenters. The highest BCUT2D eigenvalue weighted by atomic mass is 32.2. The highest BCUT2D eigenvalue weighted by Crippen LogP contribution is 2.45. The van der Waals surface area contributed by atoms with Crippen LogP contribution in [-0.4, -0.2) is 37.3 Å². The smallest absolute Gasteiger partial charge is 0.277 e. The molecular weight excluding hydrogens is 516 g/mol. The van der Waals surface area contributed by atoms with Crippen molar-refractivity contribution in [3.63, 3.8) is 0 Å². The number of methoxy groups -OCH3 is 1. The van der Waals surface area contributed by atoms with Crippen molar-refractivity contribution in [3.05, 3.63) is 101 Å². The molecule has 4 rings (SSSR count). The third-order valence-electron chi connectivity index (χ3n) is 5.79. The van der Waals surface area contributed by atoms with E-state index < -0.39 is 0 Å². The Morgan fingerprint density at radius 3 is 2.50 bits per heavy atom. The summed E-state index contributed by atoms with van der Waals surface area (Å²) in [6.07, 6.45) is 3.98. The Kier molecular flexibility index (Phi) is 10.2. The maximum absolute atomic E-state index is 12.3. The zero-order valence-electron chi connectivity index (χ0n) is 21.6. The summed E-state index contributed by atoms with van der Waals surface area (Å²) < 4.78 is 17.8. The molecule has 1 aliphatic heterocycles. The van der Waals surface area contributed by atoms with Gasteiger partial charge >= 0.3 is 0 Å². The number of rotatable bonds is 12. The van der Waals surface area contributed by atoms with E-state index in [2.05, 4.69) is 48.3 Å². The average molecular weight is 549 g/mol. The van der Waals surface area contributed by atoms with Gasteiger partial charge in [0.1, 0.15) is 12.4 Å². The summed E-state index contributed by atoms with van der Waals surface area (Å²) in [5.41, 5.74) is 7.75. The molecule has 1 N–H and O–H groups in total. The van der Waals surface area contributed by atoms with Gasteiger partial charge in [-0.15, -0.1) is 30.1 Å². The highest BCUT2D eigenvalue weighted by molar-refractivity contribution is 8.19. The molecule has 0 unspecified atom stereocenters. The second-order valence-electron chi connectivity index (χ2n) is 8.70. The number of hydrogen-bond donors (Lipinski definition) is 1. The van der Waals surface area contributed by atoms with Gasteiger partial charge in [-0.1, -0.05) is 48.0 Å². The number of thioether (sulfide) groups is 2. The van der Waals surface area contributed by atoms with Gasteiger partial charge in [0.05, 0.1) is 17.9 Å². The molecule has 198 valence electrons. The molecule has 0 saturated carbocycles. The molecule has 6 nitrogen and oxygen atoms in total. The maximum atomic E-state index is 12.3. The predicted octanol–water partition coefficient (Wildman–Crippen LogP) is 6.32. The van der Waals surface area contributed by atoms with Gasteiger partial charge in [0, 0.05) is 17.1 Å². The van der Waals surface area contributed by atoms with Gasteiger partial charge < -0.3 is 14.2 Å². The Morgan fingerprint density at radius 1 is 1.08 bits per heavy atom. The summed E-state index contributed by atoms with van der Waals surface area (Å²) in [7, 11) is 1.60. The maximum Gasteiger partial charge on any atom is 0.277 e. The standard InChI is InChI=1S/C30H32N2O4S2/c1-4-5-25-16-23(17-27(34-3)29(25)36-19-22-8-6-21(2)7-9-22)18-31-32-28(33)20-35-26-12-10-24(11-13-26)30-37-14-15-38-30/h4,6-13,16-18,30H,1,5,14-15,19-20H2,2-3H3,(H,32,33)/b31-18-. The van der Waals surface area contributed by atoms with Crippen LogP contribution in [0.4, 0.5) is 0 Å². The Labute approximate surface area is 232 Å². The first-order chi connectivity index (χ1) is 18.6. The number of hydrogen-bond acceptors (Lipinski definition) is 7. The van der Waals surface area contributed by atoms with E-state index in [9.17, 15) is 4.79 Å². The fraction of sp³-hybridized carbons (Fsp3) is 0.267. The first kappa shape index (κ1) is 27.7. The number of carbonyl (C=O) groups excluding carboxylic acids is 1. The lowest BCUT2D eigenvalue weighted by molar-refractivity contribution is -0.123. The third-order valence-corrected chi connectivity index (χ3v) is 8.89. The Hall–Kier alpha value is -3.36. The number of nitrogens with zero attached hydrogens (tertiary/aromatic N) is 1. The molecule has 0 radical (unpaired) electrons. The van der Waals surface area contributed by atoms with Crippen molar-refractivity contribution < 1.29 is 19.0 Å². The summed E-state index contributed by atoms with van der Waals surface area (Å²) in [6, 6.07) is 19.9. The van der Waals surface area contributed by atoms with Crippen LogP contribution in [0.15, 0.2) is 78.4 Å². The summed E-state index contributed by atoms with van der Waals surface area (Å²) in [5.74, 6) is 3.93. The van der Waals surface area contributed by atoms with Crippen LogP contribution >= 0.6 is 23.5 Å². The summed E-state index contributed by atoms with van der Waals surface area (Å²) in [6.45, 7) is 6.22. The van der Waals surface area contributed by atoms with Gasteiger partial charge in [-0.25, -0.2) is 5.43 Å². The van der Waals surface area contributed by atoms with Crippen molar-refractivity contribution >= 4 is 35.6 Å². The van der Waals surface area contributed by atoms with Crippen molar-refractivity contribution in [2.75, 3.05) is 25.2 Å². The molecule has 8 heteroatoms. The molecule has 3 aromatic rings. The lowest BCUT2D eigenvalue weighted by Crippen LogP contribution is -2.24. The summed E-state index contributed by atoms with van der Waals surface area (Å²) in [4.78, 5) is 12.3. The number of aryl methyl sites for hydroxylation is 1. The van der Waals surface area contributed by atoms with Crippen LogP contribution in [0, 0.1) is 6.92 Å². The lowest BCUT2D eigenvalue weighted by Gasteiger charge is -2.16. The van der Waals surface area contributed by atoms with Crippen LogP contribution in [0.3, 0.4) is 0 Å². The number of carbonyl (C=O) groups is 1. The number of amides is 1. The molecule has 1 saturated heterocycles. The molecular formula is C30H32N2O4S2. The van der Waals surface area contributed by atoms with Crippen molar-refractivity contribution in [1.29, 1.82) is 0 Å². The van der Waals surface area contributed by atoms with Crippen molar-refractivity contribution in [3.8, 4) is 17.2 Å². The van der Waals surface area contributed by atoms with E-state index in [1.54, 1.807) is 13.3 Å². The van der Waals surface area contributed by atoms with E-state index in [0.717, 1.165) is 16.7 Å². The Balaban J connectivity index is 1.33. The van der Waals surface area contributed by atoms with E-state index in [1.165, 1.54) is 22.6 Å². The topological polar surface area (TPSA) is 69.2 Å². The second-order valence-corrected chi connectivity index (χ2v) is 11.4. The van der Waals surface area contributed by atoms with Gasteiger partial charge in [-0.05, 0) is 54.3 Å². The number of nitrogens with one attached hydrogen (secondary N) is 1. The molecule has 38 heavy (non-hydrogen) atoms. The van der Waals surface area contributed by atoms with Crippen LogP contribution in [0.1, 0.15) is 32.4 Å². The molecule has 1 amide bonds. The van der Waals surface area contributed by atoms with Crippen LogP contribution < -0.4 is 19.6 Å². The predicted molar refractivity (Wildman–Crippen MR) is 158 cm³/mol. The van der Waals surface area contributed by atoms with Gasteiger partial charge in [-0.3, -0.25) is 4.79 Å². The largest absolute Gasteiger partial charge is 0.493 e. The summed E-state index contributed by atoms with van der Waals surface area (Å²) in [5, 5.41) is 4.10. The van der Waals surface area contributed by atoms with Crippen LogP contribution in [0.5, 0.6) is 17.2 Å². The highest BCUT2D eigenvalue weighted by Gasteiger charge is 2.18. The first-order valence-electron chi connectivity index (χ1n) is 12.3. The van der Waals surface area contributed by atoms with Gasteiger partial charge in [0.15, 0.2) is 18.1 Å². The fourth-order valence-corrected chi connectivity index (χ4v) is 6.71. The monoisotopic (exact) mass is 548 g/mol. The molecule has 1 aliphatic rings. The van der Waals surface area contributed by atoms with E-state index in [1.807, 2.05) is 66.0 Å². The summed E-state index contributed by atoms with van der Waals surface area (Å²) >= 11 is 3.91. The van der Waals surface area contributed by atoms with Gasteiger partial charge in [-0.2, -0.15) is 5.10 Å². The molecule has 0 bridgehead atoms. The fourth-order valence-electron chi connectivity index (χ4n) is 3.85. The second kappa shape index (κ2) is 14.0. The van der Waals surface area contributed by atoms with E-state index >= 15 is 0 Å². The number of benzene rings is 3. The van der Waals surface area contributed by atoms with Crippen LogP contribution in [-0.2, 0) is 17.8 Å².